The Bertz CT molecular complexity index is 772. The molecule has 4 N–H and O–H groups in total. The monoisotopic (exact) mass is 404 g/mol. The van der Waals surface area contributed by atoms with E-state index >= 15 is 0 Å². The zero-order valence-corrected chi connectivity index (χ0v) is 17.2. The Morgan fingerprint density at radius 1 is 1.28 bits per heavy atom. The van der Waals surface area contributed by atoms with Gasteiger partial charge in [0.15, 0.2) is 0 Å². The predicted molar refractivity (Wildman–Crippen MR) is 108 cm³/mol. The van der Waals surface area contributed by atoms with Crippen LogP contribution in [0.5, 0.6) is 0 Å². The first-order valence-electron chi connectivity index (χ1n) is 10.2. The van der Waals surface area contributed by atoms with Crippen LogP contribution in [0.1, 0.15) is 39.5 Å². The van der Waals surface area contributed by atoms with Crippen molar-refractivity contribution in [1.29, 1.82) is 0 Å². The van der Waals surface area contributed by atoms with E-state index < -0.39 is 17.5 Å². The molecule has 0 aromatic heterocycles. The minimum absolute atomic E-state index is 0.0107. The predicted octanol–water partition coefficient (Wildman–Crippen LogP) is 2.01. The molecular formula is C23H32O6. The van der Waals surface area contributed by atoms with Crippen LogP contribution in [-0.4, -0.2) is 52.3 Å². The summed E-state index contributed by atoms with van der Waals surface area (Å²) >= 11 is 0. The van der Waals surface area contributed by atoms with Crippen molar-refractivity contribution in [2.75, 3.05) is 19.8 Å². The number of rotatable bonds is 5. The Balaban J connectivity index is 1.92. The van der Waals surface area contributed by atoms with Gasteiger partial charge in [-0.15, -0.1) is 0 Å². The van der Waals surface area contributed by atoms with E-state index in [-0.39, 0.29) is 48.4 Å². The Labute approximate surface area is 171 Å². The molecule has 3 aliphatic rings. The number of aliphatic hydroxyl groups is 4. The van der Waals surface area contributed by atoms with Gasteiger partial charge in [-0.25, -0.2) is 4.79 Å². The van der Waals surface area contributed by atoms with Gasteiger partial charge in [-0.1, -0.05) is 38.2 Å². The van der Waals surface area contributed by atoms with E-state index in [1.165, 1.54) is 6.08 Å². The number of cyclic esters (lactones) is 1. The van der Waals surface area contributed by atoms with Crippen LogP contribution in [0.2, 0.25) is 0 Å². The van der Waals surface area contributed by atoms with Gasteiger partial charge in [0.1, 0.15) is 5.76 Å². The van der Waals surface area contributed by atoms with Gasteiger partial charge in [-0.3, -0.25) is 0 Å². The molecule has 6 nitrogen and oxygen atoms in total. The molecule has 29 heavy (non-hydrogen) atoms. The van der Waals surface area contributed by atoms with E-state index in [9.17, 15) is 25.2 Å². The lowest BCUT2D eigenvalue weighted by Gasteiger charge is -2.59. The number of carbonyl (C=O) groups is 1. The van der Waals surface area contributed by atoms with Crippen LogP contribution >= 0.6 is 0 Å². The Morgan fingerprint density at radius 2 is 1.97 bits per heavy atom. The first kappa shape index (κ1) is 22.0. The summed E-state index contributed by atoms with van der Waals surface area (Å²) in [4.78, 5) is 12.2. The van der Waals surface area contributed by atoms with Crippen molar-refractivity contribution in [2.24, 2.45) is 22.7 Å². The highest BCUT2D eigenvalue weighted by molar-refractivity contribution is 5.95. The maximum absolute atomic E-state index is 12.2. The van der Waals surface area contributed by atoms with Crippen LogP contribution in [0.15, 0.2) is 47.3 Å². The van der Waals surface area contributed by atoms with E-state index in [1.807, 2.05) is 13.0 Å². The third kappa shape index (κ3) is 3.63. The molecule has 6 heteroatoms. The van der Waals surface area contributed by atoms with Crippen molar-refractivity contribution in [1.82, 2.24) is 0 Å². The Kier molecular flexibility index (Phi) is 6.20. The van der Waals surface area contributed by atoms with Crippen molar-refractivity contribution in [2.45, 2.75) is 45.6 Å². The van der Waals surface area contributed by atoms with Crippen LogP contribution in [0.25, 0.3) is 0 Å². The summed E-state index contributed by atoms with van der Waals surface area (Å²) in [6.45, 7) is 7.61. The highest BCUT2D eigenvalue weighted by Gasteiger charge is 2.57. The summed E-state index contributed by atoms with van der Waals surface area (Å²) in [6, 6.07) is 0. The highest BCUT2D eigenvalue weighted by atomic mass is 16.5. The van der Waals surface area contributed by atoms with Gasteiger partial charge >= 0.3 is 5.97 Å². The first-order valence-corrected chi connectivity index (χ1v) is 10.2. The Morgan fingerprint density at radius 3 is 2.59 bits per heavy atom. The second-order valence-electron chi connectivity index (χ2n) is 9.08. The molecule has 2 fully saturated rings. The van der Waals surface area contributed by atoms with Gasteiger partial charge in [0.25, 0.3) is 0 Å². The fraction of sp³-hybridized carbons (Fsp3) is 0.609. The number of esters is 1. The van der Waals surface area contributed by atoms with E-state index in [1.54, 1.807) is 6.08 Å². The second kappa shape index (κ2) is 8.19. The lowest BCUT2D eigenvalue weighted by Crippen LogP contribution is -2.57. The lowest BCUT2D eigenvalue weighted by molar-refractivity contribution is -0.145. The molecule has 0 bridgehead atoms. The zero-order chi connectivity index (χ0) is 21.4. The molecule has 0 aromatic rings. The molecule has 1 heterocycles. The summed E-state index contributed by atoms with van der Waals surface area (Å²) in [5, 5.41) is 39.2. The average Bonchev–Trinajstić information content (AvgIpc) is 3.06. The number of hydrogen-bond donors (Lipinski definition) is 4. The number of hydrogen-bond acceptors (Lipinski definition) is 6. The maximum atomic E-state index is 12.2. The van der Waals surface area contributed by atoms with Crippen LogP contribution in [-0.2, 0) is 9.53 Å². The van der Waals surface area contributed by atoms with E-state index in [2.05, 4.69) is 13.5 Å². The van der Waals surface area contributed by atoms with Crippen LogP contribution in [0, 0.1) is 22.7 Å². The van der Waals surface area contributed by atoms with Gasteiger partial charge in [0.05, 0.1) is 31.5 Å². The van der Waals surface area contributed by atoms with E-state index in [0.717, 1.165) is 24.8 Å². The minimum Gasteiger partial charge on any atom is -0.423 e. The molecule has 1 aliphatic heterocycles. The van der Waals surface area contributed by atoms with Gasteiger partial charge < -0.3 is 25.2 Å². The average molecular weight is 405 g/mol. The van der Waals surface area contributed by atoms with Crippen molar-refractivity contribution >= 4 is 5.97 Å². The smallest absolute Gasteiger partial charge is 0.343 e. The molecule has 5 atom stereocenters. The van der Waals surface area contributed by atoms with Crippen molar-refractivity contribution in [3.05, 3.63) is 47.3 Å². The molecule has 0 spiro atoms. The van der Waals surface area contributed by atoms with Crippen LogP contribution in [0.4, 0.5) is 0 Å². The fourth-order valence-electron chi connectivity index (χ4n) is 5.58. The molecule has 160 valence electrons. The molecule has 0 saturated heterocycles. The van der Waals surface area contributed by atoms with Crippen LogP contribution < -0.4 is 0 Å². The zero-order valence-electron chi connectivity index (χ0n) is 17.2. The topological polar surface area (TPSA) is 107 Å². The maximum Gasteiger partial charge on any atom is 0.343 e. The second-order valence-corrected chi connectivity index (χ2v) is 9.08. The molecule has 2 saturated carbocycles. The van der Waals surface area contributed by atoms with Gasteiger partial charge in [0, 0.05) is 16.9 Å². The SMILES string of the molecule is C=C1CCC2C(C)(CO)C(O)CCC2(C)C1/C=C/C1=CC(=C(CO)CO)OC1=O. The number of allylic oxidation sites excluding steroid dienone is 3. The summed E-state index contributed by atoms with van der Waals surface area (Å²) in [5.41, 5.74) is 0.977. The summed E-state index contributed by atoms with van der Waals surface area (Å²) in [6.07, 6.45) is 7.84. The standard InChI is InChI=1S/C23H32O6/c1-14-4-7-19-22(2,9-8-20(27)23(19,3)13-26)17(14)6-5-15-10-18(29-21(15)28)16(11-24)12-25/h5-6,10,17,19-20,24-27H,1,4,7-9,11-13H2,2-3H3/b6-5+. The van der Waals surface area contributed by atoms with Crippen molar-refractivity contribution in [3.63, 3.8) is 0 Å². The van der Waals surface area contributed by atoms with Crippen molar-refractivity contribution in [3.8, 4) is 0 Å². The van der Waals surface area contributed by atoms with E-state index in [0.29, 0.717) is 12.0 Å². The molecule has 5 unspecified atom stereocenters. The summed E-state index contributed by atoms with van der Waals surface area (Å²) in [7, 11) is 0. The first-order chi connectivity index (χ1) is 13.7. The molecule has 2 aliphatic carbocycles. The van der Waals surface area contributed by atoms with Gasteiger partial charge in [0.2, 0.25) is 0 Å². The molecule has 0 aromatic carbocycles. The number of aliphatic hydroxyl groups excluding tert-OH is 4. The van der Waals surface area contributed by atoms with Gasteiger partial charge in [-0.2, -0.15) is 0 Å². The normalized spacial score (nSPS) is 37.5. The molecule has 0 radical (unpaired) electrons. The largest absolute Gasteiger partial charge is 0.423 e. The quantitative estimate of drug-likeness (QED) is 0.412. The molecular weight excluding hydrogens is 372 g/mol. The molecule has 3 rings (SSSR count). The third-order valence-electron chi connectivity index (χ3n) is 7.48. The Hall–Kier alpha value is -1.73. The number of ether oxygens (including phenoxy) is 1. The lowest BCUT2D eigenvalue weighted by atomic mass is 9.46. The fourth-order valence-corrected chi connectivity index (χ4v) is 5.58. The molecule has 0 amide bonds. The van der Waals surface area contributed by atoms with E-state index in [4.69, 9.17) is 4.74 Å². The number of carbonyl (C=O) groups excluding carboxylic acids is 1. The van der Waals surface area contributed by atoms with Crippen LogP contribution in [0.3, 0.4) is 0 Å². The minimum atomic E-state index is -0.557. The summed E-state index contributed by atoms with van der Waals surface area (Å²) in [5.74, 6) is -0.173. The van der Waals surface area contributed by atoms with Gasteiger partial charge in [-0.05, 0) is 43.1 Å². The third-order valence-corrected chi connectivity index (χ3v) is 7.48. The number of fused-ring (bicyclic) bond motifs is 1. The highest BCUT2D eigenvalue weighted by Crippen LogP contribution is 2.61. The van der Waals surface area contributed by atoms with Crippen molar-refractivity contribution < 1.29 is 30.0 Å². The summed E-state index contributed by atoms with van der Waals surface area (Å²) < 4.78 is 5.17.